The zero-order chi connectivity index (χ0) is 13.5. The maximum Gasteiger partial charge on any atom is 0.390 e. The third-order valence-electron chi connectivity index (χ3n) is 2.71. The first kappa shape index (κ1) is 16.7. The Morgan fingerprint density at radius 2 is 1.76 bits per heavy atom. The van der Waals surface area contributed by atoms with Crippen molar-refractivity contribution in [1.82, 2.24) is 5.32 Å². The summed E-state index contributed by atoms with van der Waals surface area (Å²) in [6.07, 6.45) is -2.39. The van der Waals surface area contributed by atoms with Crippen molar-refractivity contribution >= 4 is 0 Å². The van der Waals surface area contributed by atoms with Crippen LogP contribution >= 0.6 is 0 Å². The molecule has 0 fully saturated rings. The molecule has 0 saturated heterocycles. The predicted molar refractivity (Wildman–Crippen MR) is 64.8 cm³/mol. The molecule has 0 aromatic rings. The topological polar surface area (TPSA) is 38.0 Å². The molecule has 0 aromatic carbocycles. The molecule has 104 valence electrons. The first-order valence-electron chi connectivity index (χ1n) is 6.30. The van der Waals surface area contributed by atoms with E-state index in [0.29, 0.717) is 5.92 Å². The average molecular weight is 254 g/mol. The number of nitrogens with one attached hydrogen (secondary N) is 1. The molecule has 0 heterocycles. The van der Waals surface area contributed by atoms with E-state index < -0.39 is 12.6 Å². The van der Waals surface area contributed by atoms with E-state index in [9.17, 15) is 13.2 Å². The highest BCUT2D eigenvalue weighted by Gasteiger charge is 2.26. The third kappa shape index (κ3) is 10.6. The molecule has 3 N–H and O–H groups in total. The maximum atomic E-state index is 12.0. The summed E-state index contributed by atoms with van der Waals surface area (Å²) in [4.78, 5) is 0. The van der Waals surface area contributed by atoms with Crippen LogP contribution in [0, 0.1) is 5.92 Å². The zero-order valence-corrected chi connectivity index (χ0v) is 11.0. The van der Waals surface area contributed by atoms with Crippen molar-refractivity contribution in [2.45, 2.75) is 64.7 Å². The van der Waals surface area contributed by atoms with Crippen molar-refractivity contribution in [2.24, 2.45) is 11.7 Å². The van der Waals surface area contributed by atoms with Crippen LogP contribution in [0.25, 0.3) is 0 Å². The zero-order valence-electron chi connectivity index (χ0n) is 11.0. The minimum absolute atomic E-state index is 0.0165. The summed E-state index contributed by atoms with van der Waals surface area (Å²) in [5, 5.41) is 2.97. The van der Waals surface area contributed by atoms with E-state index in [1.165, 1.54) is 0 Å². The normalized spacial score (nSPS) is 16.2. The second-order valence-corrected chi connectivity index (χ2v) is 5.05. The van der Waals surface area contributed by atoms with Crippen LogP contribution in [-0.2, 0) is 0 Å². The monoisotopic (exact) mass is 254 g/mol. The average Bonchev–Trinajstić information content (AvgIpc) is 2.14. The number of nitrogens with two attached hydrogens (primary N) is 1. The van der Waals surface area contributed by atoms with Gasteiger partial charge in [-0.2, -0.15) is 13.2 Å². The fourth-order valence-corrected chi connectivity index (χ4v) is 1.78. The van der Waals surface area contributed by atoms with Crippen LogP contribution in [-0.4, -0.2) is 24.8 Å². The van der Waals surface area contributed by atoms with Gasteiger partial charge in [0.2, 0.25) is 0 Å². The quantitative estimate of drug-likeness (QED) is 0.698. The molecule has 2 nitrogen and oxygen atoms in total. The number of hydrogen-bond acceptors (Lipinski definition) is 2. The Kier molecular flexibility index (Phi) is 7.79. The third-order valence-corrected chi connectivity index (χ3v) is 2.71. The van der Waals surface area contributed by atoms with Gasteiger partial charge in [-0.25, -0.2) is 0 Å². The Balaban J connectivity index is 4.01. The van der Waals surface area contributed by atoms with Gasteiger partial charge in [-0.1, -0.05) is 20.8 Å². The SMILES string of the molecule is CC[C@@H](N)CC(CC(C)C)NCCC(F)(F)F. The van der Waals surface area contributed by atoms with Crippen LogP contribution < -0.4 is 11.1 Å². The lowest BCUT2D eigenvalue weighted by molar-refractivity contribution is -0.133. The highest BCUT2D eigenvalue weighted by molar-refractivity contribution is 4.75. The molecule has 0 aliphatic heterocycles. The van der Waals surface area contributed by atoms with Crippen molar-refractivity contribution in [2.75, 3.05) is 6.54 Å². The van der Waals surface area contributed by atoms with Crippen molar-refractivity contribution in [3.8, 4) is 0 Å². The Morgan fingerprint density at radius 1 is 1.18 bits per heavy atom. The number of halogens is 3. The van der Waals surface area contributed by atoms with Crippen LogP contribution in [0.2, 0.25) is 0 Å². The van der Waals surface area contributed by atoms with Gasteiger partial charge in [-0.15, -0.1) is 0 Å². The fourth-order valence-electron chi connectivity index (χ4n) is 1.78. The Morgan fingerprint density at radius 3 is 2.18 bits per heavy atom. The van der Waals surface area contributed by atoms with Crippen LogP contribution in [0.1, 0.15) is 46.5 Å². The summed E-state index contributed by atoms with van der Waals surface area (Å²) in [5.41, 5.74) is 5.84. The molecule has 0 spiro atoms. The second kappa shape index (κ2) is 7.93. The lowest BCUT2D eigenvalue weighted by Gasteiger charge is -2.23. The van der Waals surface area contributed by atoms with E-state index in [4.69, 9.17) is 5.73 Å². The predicted octanol–water partition coefficient (Wildman–Crippen LogP) is 3.07. The van der Waals surface area contributed by atoms with Gasteiger partial charge in [-0.3, -0.25) is 0 Å². The van der Waals surface area contributed by atoms with Crippen LogP contribution in [0.3, 0.4) is 0 Å². The molecule has 5 heteroatoms. The Bertz CT molecular complexity index is 193. The molecule has 0 saturated carbocycles. The van der Waals surface area contributed by atoms with E-state index >= 15 is 0 Å². The molecule has 0 aliphatic rings. The molecular formula is C12H25F3N2. The summed E-state index contributed by atoms with van der Waals surface area (Å²) < 4.78 is 36.1. The summed E-state index contributed by atoms with van der Waals surface area (Å²) >= 11 is 0. The van der Waals surface area contributed by atoms with Gasteiger partial charge in [0.1, 0.15) is 0 Å². The summed E-state index contributed by atoms with van der Waals surface area (Å²) in [6.45, 7) is 6.11. The van der Waals surface area contributed by atoms with Gasteiger partial charge in [0.25, 0.3) is 0 Å². The van der Waals surface area contributed by atoms with E-state index in [1.807, 2.05) is 6.92 Å². The summed E-state index contributed by atoms with van der Waals surface area (Å²) in [7, 11) is 0. The minimum atomic E-state index is -4.08. The molecule has 0 aromatic heterocycles. The van der Waals surface area contributed by atoms with Crippen molar-refractivity contribution in [3.63, 3.8) is 0 Å². The van der Waals surface area contributed by atoms with E-state index in [-0.39, 0.29) is 18.6 Å². The molecule has 1 unspecified atom stereocenters. The largest absolute Gasteiger partial charge is 0.390 e. The Labute approximate surface area is 102 Å². The van der Waals surface area contributed by atoms with Crippen LogP contribution in [0.4, 0.5) is 13.2 Å². The lowest BCUT2D eigenvalue weighted by atomic mass is 9.97. The van der Waals surface area contributed by atoms with E-state index in [2.05, 4.69) is 19.2 Å². The second-order valence-electron chi connectivity index (χ2n) is 5.05. The lowest BCUT2D eigenvalue weighted by Crippen LogP contribution is -2.38. The van der Waals surface area contributed by atoms with Crippen LogP contribution in [0.5, 0.6) is 0 Å². The fraction of sp³-hybridized carbons (Fsp3) is 1.00. The molecule has 0 rings (SSSR count). The summed E-state index contributed by atoms with van der Waals surface area (Å²) in [6, 6.07) is 0.157. The molecule has 0 radical (unpaired) electrons. The first-order valence-corrected chi connectivity index (χ1v) is 6.30. The molecule has 0 bridgehead atoms. The number of hydrogen-bond donors (Lipinski definition) is 2. The molecule has 0 aliphatic carbocycles. The molecular weight excluding hydrogens is 229 g/mol. The standard InChI is InChI=1S/C12H25F3N2/c1-4-10(16)8-11(7-9(2)3)17-6-5-12(13,14)15/h9-11,17H,4-8,16H2,1-3H3/t10-,11?/m1/s1. The highest BCUT2D eigenvalue weighted by Crippen LogP contribution is 2.19. The summed E-state index contributed by atoms with van der Waals surface area (Å²) in [5.74, 6) is 0.461. The molecule has 0 amide bonds. The maximum absolute atomic E-state index is 12.0. The van der Waals surface area contributed by atoms with Gasteiger partial charge in [0, 0.05) is 18.6 Å². The van der Waals surface area contributed by atoms with Gasteiger partial charge < -0.3 is 11.1 Å². The minimum Gasteiger partial charge on any atom is -0.328 e. The van der Waals surface area contributed by atoms with Crippen molar-refractivity contribution in [1.29, 1.82) is 0 Å². The molecule has 2 atom stereocenters. The molecule has 17 heavy (non-hydrogen) atoms. The van der Waals surface area contributed by atoms with Gasteiger partial charge in [-0.05, 0) is 25.2 Å². The van der Waals surface area contributed by atoms with Crippen LogP contribution in [0.15, 0.2) is 0 Å². The Hall–Kier alpha value is -0.290. The number of alkyl halides is 3. The van der Waals surface area contributed by atoms with Crippen molar-refractivity contribution in [3.05, 3.63) is 0 Å². The first-order chi connectivity index (χ1) is 7.74. The smallest absolute Gasteiger partial charge is 0.328 e. The van der Waals surface area contributed by atoms with Gasteiger partial charge in [0.15, 0.2) is 0 Å². The highest BCUT2D eigenvalue weighted by atomic mass is 19.4. The van der Waals surface area contributed by atoms with E-state index in [0.717, 1.165) is 19.3 Å². The van der Waals surface area contributed by atoms with Crippen molar-refractivity contribution < 1.29 is 13.2 Å². The van der Waals surface area contributed by atoms with E-state index in [1.54, 1.807) is 0 Å². The van der Waals surface area contributed by atoms with Gasteiger partial charge >= 0.3 is 6.18 Å². The van der Waals surface area contributed by atoms with Gasteiger partial charge in [0.05, 0.1) is 6.42 Å². The number of rotatable bonds is 8.